The Balaban J connectivity index is 2.72. The third-order valence-corrected chi connectivity index (χ3v) is 6.27. The van der Waals surface area contributed by atoms with E-state index in [1.54, 1.807) is 23.1 Å². The fourth-order valence-electron chi connectivity index (χ4n) is 2.37. The van der Waals surface area contributed by atoms with Gasteiger partial charge in [-0.05, 0) is 19.1 Å². The Labute approximate surface area is 128 Å². The lowest BCUT2D eigenvalue weighted by Gasteiger charge is -2.37. The van der Waals surface area contributed by atoms with E-state index in [-0.39, 0.29) is 6.04 Å². The molecule has 7 heteroatoms. The van der Waals surface area contributed by atoms with Crippen LogP contribution in [0.1, 0.15) is 33.1 Å². The molecule has 0 amide bonds. The number of piperidine rings is 1. The Morgan fingerprint density at radius 2 is 2.10 bits per heavy atom. The summed E-state index contributed by atoms with van der Waals surface area (Å²) in [7, 11) is -1.63. The van der Waals surface area contributed by atoms with E-state index in [1.807, 2.05) is 6.26 Å². The Bertz CT molecular complexity index is 374. The molecule has 0 aromatic heterocycles. The van der Waals surface area contributed by atoms with E-state index in [4.69, 9.17) is 0 Å². The summed E-state index contributed by atoms with van der Waals surface area (Å²) < 4.78 is 28.5. The highest BCUT2D eigenvalue weighted by Gasteiger charge is 2.34. The third-order valence-electron chi connectivity index (χ3n) is 3.64. The van der Waals surface area contributed by atoms with Crippen molar-refractivity contribution in [3.05, 3.63) is 0 Å². The molecule has 0 bridgehead atoms. The highest BCUT2D eigenvalue weighted by molar-refractivity contribution is 7.98. The van der Waals surface area contributed by atoms with Crippen LogP contribution in [0.4, 0.5) is 0 Å². The van der Waals surface area contributed by atoms with Crippen molar-refractivity contribution < 1.29 is 8.42 Å². The van der Waals surface area contributed by atoms with Crippen LogP contribution in [-0.4, -0.2) is 67.8 Å². The molecule has 20 heavy (non-hydrogen) atoms. The monoisotopic (exact) mass is 323 g/mol. The first kappa shape index (κ1) is 18.2. The molecule has 1 aliphatic rings. The lowest BCUT2D eigenvalue weighted by Crippen LogP contribution is -2.53. The lowest BCUT2D eigenvalue weighted by atomic mass is 10.0. The molecule has 1 rings (SSSR count). The van der Waals surface area contributed by atoms with E-state index in [2.05, 4.69) is 19.2 Å². The summed E-state index contributed by atoms with van der Waals surface area (Å²) in [6, 6.07) is 0.476. The predicted molar refractivity (Wildman–Crippen MR) is 87.4 cm³/mol. The number of hydrogen-bond acceptors (Lipinski definition) is 4. The summed E-state index contributed by atoms with van der Waals surface area (Å²) in [5, 5.41) is 3.37. The highest BCUT2D eigenvalue weighted by Crippen LogP contribution is 2.22. The second-order valence-electron chi connectivity index (χ2n) is 5.65. The van der Waals surface area contributed by atoms with Gasteiger partial charge in [0, 0.05) is 44.5 Å². The summed E-state index contributed by atoms with van der Waals surface area (Å²) in [5.74, 6) is 0.832. The van der Waals surface area contributed by atoms with Crippen LogP contribution in [0.2, 0.25) is 0 Å². The van der Waals surface area contributed by atoms with Crippen molar-refractivity contribution in [2.24, 2.45) is 0 Å². The van der Waals surface area contributed by atoms with Gasteiger partial charge >= 0.3 is 0 Å². The zero-order valence-electron chi connectivity index (χ0n) is 13.1. The van der Waals surface area contributed by atoms with Crippen LogP contribution in [0.3, 0.4) is 0 Å². The molecule has 0 aromatic rings. The normalized spacial score (nSPS) is 21.8. The highest BCUT2D eigenvalue weighted by atomic mass is 32.2. The average Bonchev–Trinajstić information content (AvgIpc) is 2.42. The number of rotatable bonds is 8. The van der Waals surface area contributed by atoms with E-state index in [0.717, 1.165) is 31.6 Å². The van der Waals surface area contributed by atoms with Crippen LogP contribution in [0.15, 0.2) is 0 Å². The zero-order valence-corrected chi connectivity index (χ0v) is 14.8. The van der Waals surface area contributed by atoms with Crippen molar-refractivity contribution in [1.29, 1.82) is 0 Å². The summed E-state index contributed by atoms with van der Waals surface area (Å²) in [6.07, 6.45) is 5.03. The predicted octanol–water partition coefficient (Wildman–Crippen LogP) is 1.38. The van der Waals surface area contributed by atoms with E-state index in [1.165, 1.54) is 4.31 Å². The van der Waals surface area contributed by atoms with Crippen molar-refractivity contribution in [2.45, 2.75) is 45.2 Å². The molecule has 0 spiro atoms. The van der Waals surface area contributed by atoms with Crippen LogP contribution < -0.4 is 5.32 Å². The molecule has 0 radical (unpaired) electrons. The van der Waals surface area contributed by atoms with Crippen molar-refractivity contribution in [2.75, 3.05) is 38.7 Å². The van der Waals surface area contributed by atoms with Gasteiger partial charge < -0.3 is 5.32 Å². The SMILES string of the molecule is CSCCN(C)S(=O)(=O)N1CCCCC1CNC(C)C. The average molecular weight is 324 g/mol. The second kappa shape index (κ2) is 8.58. The van der Waals surface area contributed by atoms with E-state index in [9.17, 15) is 8.42 Å². The summed E-state index contributed by atoms with van der Waals surface area (Å²) in [4.78, 5) is 0. The second-order valence-corrected chi connectivity index (χ2v) is 8.62. The number of thioether (sulfide) groups is 1. The van der Waals surface area contributed by atoms with Gasteiger partial charge in [0.15, 0.2) is 0 Å². The van der Waals surface area contributed by atoms with Crippen molar-refractivity contribution in [3.63, 3.8) is 0 Å². The molecular weight excluding hydrogens is 294 g/mol. The number of hydrogen-bond donors (Lipinski definition) is 1. The largest absolute Gasteiger partial charge is 0.313 e. The molecular formula is C13H29N3O2S2. The fourth-order valence-corrected chi connectivity index (χ4v) is 4.54. The molecule has 120 valence electrons. The van der Waals surface area contributed by atoms with Gasteiger partial charge in [0.05, 0.1) is 0 Å². The minimum absolute atomic E-state index is 0.0906. The van der Waals surface area contributed by atoms with Crippen LogP contribution >= 0.6 is 11.8 Å². The smallest absolute Gasteiger partial charge is 0.282 e. The van der Waals surface area contributed by atoms with Gasteiger partial charge in [0.25, 0.3) is 10.2 Å². The molecule has 5 nitrogen and oxygen atoms in total. The van der Waals surface area contributed by atoms with Crippen LogP contribution in [0, 0.1) is 0 Å². The van der Waals surface area contributed by atoms with Crippen LogP contribution in [0.5, 0.6) is 0 Å². The maximum absolute atomic E-state index is 12.7. The maximum Gasteiger partial charge on any atom is 0.282 e. The molecule has 1 saturated heterocycles. The molecule has 0 aromatic carbocycles. The summed E-state index contributed by atoms with van der Waals surface area (Å²) in [6.45, 7) is 6.15. The summed E-state index contributed by atoms with van der Waals surface area (Å²) in [5.41, 5.74) is 0. The Morgan fingerprint density at radius 3 is 2.70 bits per heavy atom. The molecule has 1 aliphatic heterocycles. The first-order valence-electron chi connectivity index (χ1n) is 7.35. The fraction of sp³-hybridized carbons (Fsp3) is 1.00. The van der Waals surface area contributed by atoms with Gasteiger partial charge in [-0.2, -0.15) is 28.8 Å². The standard InChI is InChI=1S/C13H29N3O2S2/c1-12(2)14-11-13-7-5-6-8-16(13)20(17,18)15(3)9-10-19-4/h12-14H,5-11H2,1-4H3. The quantitative estimate of drug-likeness (QED) is 0.733. The minimum atomic E-state index is -3.32. The third kappa shape index (κ3) is 5.18. The molecule has 1 atom stereocenters. The van der Waals surface area contributed by atoms with Crippen molar-refractivity contribution >= 4 is 22.0 Å². The molecule has 1 unspecified atom stereocenters. The first-order valence-corrected chi connectivity index (χ1v) is 10.1. The number of nitrogens with zero attached hydrogens (tertiary/aromatic N) is 2. The van der Waals surface area contributed by atoms with Crippen LogP contribution in [0.25, 0.3) is 0 Å². The van der Waals surface area contributed by atoms with Gasteiger partial charge in [-0.15, -0.1) is 0 Å². The zero-order chi connectivity index (χ0) is 15.2. The Kier molecular flexibility index (Phi) is 7.82. The van der Waals surface area contributed by atoms with Gasteiger partial charge in [-0.3, -0.25) is 0 Å². The van der Waals surface area contributed by atoms with Crippen LogP contribution in [-0.2, 0) is 10.2 Å². The summed E-state index contributed by atoms with van der Waals surface area (Å²) >= 11 is 1.67. The molecule has 0 saturated carbocycles. The molecule has 1 heterocycles. The van der Waals surface area contributed by atoms with E-state index < -0.39 is 10.2 Å². The van der Waals surface area contributed by atoms with Crippen molar-refractivity contribution in [3.8, 4) is 0 Å². The Hall–Kier alpha value is 0.180. The lowest BCUT2D eigenvalue weighted by molar-refractivity contribution is 0.228. The molecule has 1 N–H and O–H groups in total. The van der Waals surface area contributed by atoms with Crippen molar-refractivity contribution in [1.82, 2.24) is 13.9 Å². The van der Waals surface area contributed by atoms with Gasteiger partial charge in [0.1, 0.15) is 0 Å². The Morgan fingerprint density at radius 1 is 1.40 bits per heavy atom. The maximum atomic E-state index is 12.7. The van der Waals surface area contributed by atoms with E-state index >= 15 is 0 Å². The topological polar surface area (TPSA) is 52.7 Å². The first-order chi connectivity index (χ1) is 9.39. The van der Waals surface area contributed by atoms with Gasteiger partial charge in [-0.1, -0.05) is 20.3 Å². The number of nitrogens with one attached hydrogen (secondary N) is 1. The molecule has 0 aliphatic carbocycles. The van der Waals surface area contributed by atoms with Gasteiger partial charge in [0.2, 0.25) is 0 Å². The minimum Gasteiger partial charge on any atom is -0.313 e. The van der Waals surface area contributed by atoms with E-state index in [0.29, 0.717) is 19.1 Å². The molecule has 1 fully saturated rings. The van der Waals surface area contributed by atoms with Gasteiger partial charge in [-0.25, -0.2) is 0 Å².